The van der Waals surface area contributed by atoms with Crippen molar-refractivity contribution in [3.63, 3.8) is 0 Å². The molecule has 1 saturated heterocycles. The second kappa shape index (κ2) is 5.42. The molecule has 1 aliphatic carbocycles. The van der Waals surface area contributed by atoms with Gasteiger partial charge in [0.25, 0.3) is 0 Å². The number of carboxylic acids is 1. The lowest BCUT2D eigenvalue weighted by atomic mass is 9.94. The molecule has 6 heteroatoms. The second-order valence-electron chi connectivity index (χ2n) is 6.37. The van der Waals surface area contributed by atoms with Gasteiger partial charge in [-0.1, -0.05) is 0 Å². The number of nitrogens with one attached hydrogen (secondary N) is 1. The van der Waals surface area contributed by atoms with E-state index in [2.05, 4.69) is 5.32 Å². The number of carbonyl (C=O) groups is 3. The van der Waals surface area contributed by atoms with Crippen molar-refractivity contribution < 1.29 is 19.5 Å². The van der Waals surface area contributed by atoms with Crippen molar-refractivity contribution in [1.82, 2.24) is 10.2 Å². The van der Waals surface area contributed by atoms with Gasteiger partial charge < -0.3 is 15.3 Å². The first-order chi connectivity index (χ1) is 9.33. The van der Waals surface area contributed by atoms with E-state index in [-0.39, 0.29) is 24.3 Å². The predicted molar refractivity (Wildman–Crippen MR) is 71.9 cm³/mol. The zero-order chi connectivity index (χ0) is 14.9. The molecule has 0 radical (unpaired) electrons. The zero-order valence-electron chi connectivity index (χ0n) is 12.0. The van der Waals surface area contributed by atoms with Gasteiger partial charge in [0, 0.05) is 19.0 Å². The first-order valence-electron chi connectivity index (χ1n) is 7.14. The van der Waals surface area contributed by atoms with Crippen molar-refractivity contribution in [2.75, 3.05) is 13.1 Å². The maximum atomic E-state index is 12.2. The third-order valence-corrected chi connectivity index (χ3v) is 4.05. The Kier molecular flexibility index (Phi) is 4.01. The molecule has 20 heavy (non-hydrogen) atoms. The monoisotopic (exact) mass is 282 g/mol. The first kappa shape index (κ1) is 14.8. The van der Waals surface area contributed by atoms with Crippen LogP contribution in [0.25, 0.3) is 0 Å². The number of hydrogen-bond donors (Lipinski definition) is 2. The molecular weight excluding hydrogens is 260 g/mol. The van der Waals surface area contributed by atoms with Gasteiger partial charge in [0.2, 0.25) is 11.8 Å². The van der Waals surface area contributed by atoms with E-state index >= 15 is 0 Å². The molecule has 1 saturated carbocycles. The third-order valence-electron chi connectivity index (χ3n) is 4.05. The molecule has 0 spiro atoms. The molecule has 2 N–H and O–H groups in total. The van der Waals surface area contributed by atoms with Crippen LogP contribution >= 0.6 is 0 Å². The summed E-state index contributed by atoms with van der Waals surface area (Å²) < 4.78 is 0. The lowest BCUT2D eigenvalue weighted by molar-refractivity contribution is -0.147. The summed E-state index contributed by atoms with van der Waals surface area (Å²) >= 11 is 0. The van der Waals surface area contributed by atoms with Gasteiger partial charge in [0.05, 0.1) is 5.41 Å². The van der Waals surface area contributed by atoms with Gasteiger partial charge in [-0.15, -0.1) is 0 Å². The highest BCUT2D eigenvalue weighted by molar-refractivity contribution is 5.90. The molecule has 2 rings (SSSR count). The molecule has 0 bridgehead atoms. The highest BCUT2D eigenvalue weighted by atomic mass is 16.4. The molecule has 1 aliphatic heterocycles. The fraction of sp³-hybridized carbons (Fsp3) is 0.786. The maximum Gasteiger partial charge on any atom is 0.310 e. The van der Waals surface area contributed by atoms with Gasteiger partial charge in [-0.3, -0.25) is 14.4 Å². The Hall–Kier alpha value is -1.59. The summed E-state index contributed by atoms with van der Waals surface area (Å²) in [5.74, 6) is -0.986. The number of carboxylic acid groups (broad SMARTS) is 1. The minimum Gasteiger partial charge on any atom is -0.481 e. The Morgan fingerprint density at radius 2 is 1.90 bits per heavy atom. The Morgan fingerprint density at radius 3 is 2.45 bits per heavy atom. The summed E-state index contributed by atoms with van der Waals surface area (Å²) in [6.07, 6.45) is 3.35. The van der Waals surface area contributed by atoms with Crippen molar-refractivity contribution in [1.29, 1.82) is 0 Å². The average Bonchev–Trinajstić information content (AvgIpc) is 3.12. The Bertz CT molecular complexity index is 429. The number of aliphatic carboxylic acids is 1. The van der Waals surface area contributed by atoms with E-state index in [0.717, 1.165) is 19.3 Å². The SMILES string of the molecule is CC(C)(CNC(=O)C1CCCN1C(=O)C1CC1)C(=O)O. The van der Waals surface area contributed by atoms with E-state index < -0.39 is 17.4 Å². The average molecular weight is 282 g/mol. The summed E-state index contributed by atoms with van der Waals surface area (Å²) in [4.78, 5) is 36.9. The molecule has 6 nitrogen and oxygen atoms in total. The molecule has 2 fully saturated rings. The van der Waals surface area contributed by atoms with Crippen LogP contribution in [0.3, 0.4) is 0 Å². The van der Waals surface area contributed by atoms with E-state index in [0.29, 0.717) is 13.0 Å². The summed E-state index contributed by atoms with van der Waals surface area (Å²) in [7, 11) is 0. The van der Waals surface area contributed by atoms with Crippen molar-refractivity contribution in [3.05, 3.63) is 0 Å². The largest absolute Gasteiger partial charge is 0.481 e. The minimum atomic E-state index is -1.00. The molecular formula is C14H22N2O4. The molecule has 2 aliphatic rings. The number of likely N-dealkylation sites (tertiary alicyclic amines) is 1. The van der Waals surface area contributed by atoms with Crippen molar-refractivity contribution in [3.8, 4) is 0 Å². The van der Waals surface area contributed by atoms with Gasteiger partial charge in [0.1, 0.15) is 6.04 Å². The van der Waals surface area contributed by atoms with Crippen molar-refractivity contribution in [2.45, 2.75) is 45.6 Å². The second-order valence-corrected chi connectivity index (χ2v) is 6.37. The summed E-state index contributed by atoms with van der Waals surface area (Å²) in [5, 5.41) is 11.7. The summed E-state index contributed by atoms with van der Waals surface area (Å²) in [6, 6.07) is -0.423. The van der Waals surface area contributed by atoms with Crippen LogP contribution < -0.4 is 5.32 Å². The van der Waals surface area contributed by atoms with E-state index in [1.54, 1.807) is 18.7 Å². The van der Waals surface area contributed by atoms with Gasteiger partial charge in [-0.25, -0.2) is 0 Å². The first-order valence-corrected chi connectivity index (χ1v) is 7.14. The summed E-state index contributed by atoms with van der Waals surface area (Å²) in [5.41, 5.74) is -1.00. The molecule has 1 atom stereocenters. The van der Waals surface area contributed by atoms with Gasteiger partial charge in [-0.05, 0) is 39.5 Å². The fourth-order valence-electron chi connectivity index (χ4n) is 2.37. The van der Waals surface area contributed by atoms with Gasteiger partial charge in [0.15, 0.2) is 0 Å². The molecule has 1 unspecified atom stereocenters. The number of hydrogen-bond acceptors (Lipinski definition) is 3. The van der Waals surface area contributed by atoms with Crippen LogP contribution in [0, 0.1) is 11.3 Å². The van der Waals surface area contributed by atoms with E-state index in [9.17, 15) is 14.4 Å². The standard InChI is InChI=1S/C14H22N2O4/c1-14(2,13(19)20)8-15-11(17)10-4-3-7-16(10)12(18)9-5-6-9/h9-10H,3-8H2,1-2H3,(H,15,17)(H,19,20). The number of rotatable bonds is 5. The highest BCUT2D eigenvalue weighted by Gasteiger charge is 2.41. The van der Waals surface area contributed by atoms with E-state index in [1.165, 1.54) is 0 Å². The fourth-order valence-corrected chi connectivity index (χ4v) is 2.37. The number of nitrogens with zero attached hydrogens (tertiary/aromatic N) is 1. The molecule has 112 valence electrons. The van der Waals surface area contributed by atoms with Crippen LogP contribution in [0.2, 0.25) is 0 Å². The minimum absolute atomic E-state index is 0.0725. The lowest BCUT2D eigenvalue weighted by Gasteiger charge is -2.26. The van der Waals surface area contributed by atoms with Crippen LogP contribution in [-0.2, 0) is 14.4 Å². The summed E-state index contributed by atoms with van der Waals surface area (Å²) in [6.45, 7) is 3.84. The van der Waals surface area contributed by atoms with Crippen LogP contribution in [0.5, 0.6) is 0 Å². The number of carbonyl (C=O) groups excluding carboxylic acids is 2. The van der Waals surface area contributed by atoms with Crippen LogP contribution in [0.15, 0.2) is 0 Å². The van der Waals surface area contributed by atoms with Crippen LogP contribution in [-0.4, -0.2) is 46.9 Å². The van der Waals surface area contributed by atoms with Crippen molar-refractivity contribution in [2.24, 2.45) is 11.3 Å². The Balaban J connectivity index is 1.91. The van der Waals surface area contributed by atoms with Gasteiger partial charge in [-0.2, -0.15) is 0 Å². The van der Waals surface area contributed by atoms with E-state index in [4.69, 9.17) is 5.11 Å². The molecule has 0 aromatic rings. The number of amides is 2. The Labute approximate surface area is 118 Å². The van der Waals surface area contributed by atoms with Crippen molar-refractivity contribution >= 4 is 17.8 Å². The predicted octanol–water partition coefficient (Wildman–Crippen LogP) is 0.614. The normalized spacial score (nSPS) is 22.7. The van der Waals surface area contributed by atoms with Crippen LogP contribution in [0.1, 0.15) is 39.5 Å². The quantitative estimate of drug-likeness (QED) is 0.773. The van der Waals surface area contributed by atoms with Gasteiger partial charge >= 0.3 is 5.97 Å². The smallest absolute Gasteiger partial charge is 0.310 e. The molecule has 2 amide bonds. The maximum absolute atomic E-state index is 12.2. The van der Waals surface area contributed by atoms with E-state index in [1.807, 2.05) is 0 Å². The highest BCUT2D eigenvalue weighted by Crippen LogP contribution is 2.33. The lowest BCUT2D eigenvalue weighted by Crippen LogP contribution is -2.49. The Morgan fingerprint density at radius 1 is 1.25 bits per heavy atom. The topological polar surface area (TPSA) is 86.7 Å². The third kappa shape index (κ3) is 3.11. The van der Waals surface area contributed by atoms with Crippen LogP contribution in [0.4, 0.5) is 0 Å². The molecule has 0 aromatic carbocycles. The molecule has 0 aromatic heterocycles. The zero-order valence-corrected chi connectivity index (χ0v) is 12.0. The molecule has 1 heterocycles.